The Kier molecular flexibility index (Phi) is 8.40. The van der Waals surface area contributed by atoms with Gasteiger partial charge in [0.1, 0.15) is 11.9 Å². The van der Waals surface area contributed by atoms with E-state index in [9.17, 15) is 20.1 Å². The minimum atomic E-state index is -1.28. The molecule has 0 aromatic rings. The zero-order valence-corrected chi connectivity index (χ0v) is 17.1. The van der Waals surface area contributed by atoms with E-state index in [1.165, 1.54) is 6.92 Å². The fraction of sp³-hybridized carbons (Fsp3) is 0.500. The molecule has 0 spiro atoms. The van der Waals surface area contributed by atoms with Gasteiger partial charge in [0.25, 0.3) is 0 Å². The molecule has 0 aliphatic heterocycles. The molecule has 0 radical (unpaired) electrons. The van der Waals surface area contributed by atoms with Crippen LogP contribution in [0.3, 0.4) is 0 Å². The van der Waals surface area contributed by atoms with E-state index in [1.807, 2.05) is 42.5 Å². The Labute approximate surface area is 171 Å². The number of esters is 1. The van der Waals surface area contributed by atoms with Crippen LogP contribution in [0.4, 0.5) is 0 Å². The van der Waals surface area contributed by atoms with Gasteiger partial charge in [-0.1, -0.05) is 37.3 Å². The van der Waals surface area contributed by atoms with Gasteiger partial charge >= 0.3 is 5.97 Å². The lowest BCUT2D eigenvalue weighted by Gasteiger charge is -2.32. The van der Waals surface area contributed by atoms with E-state index in [0.717, 1.165) is 16.9 Å². The summed E-state index contributed by atoms with van der Waals surface area (Å²) in [6.07, 6.45) is 12.4. The summed E-state index contributed by atoms with van der Waals surface area (Å²) in [7, 11) is 1.59. The molecule has 3 N–H and O–H groups in total. The first kappa shape index (κ1) is 23.1. The number of allylic oxidation sites excluding steroid dienone is 6. The highest BCUT2D eigenvalue weighted by Crippen LogP contribution is 2.26. The summed E-state index contributed by atoms with van der Waals surface area (Å²) in [5.41, 5.74) is 0.730. The van der Waals surface area contributed by atoms with Crippen molar-refractivity contribution in [3.8, 4) is 0 Å². The van der Waals surface area contributed by atoms with Crippen LogP contribution < -0.4 is 0 Å². The highest BCUT2D eigenvalue weighted by atomic mass is 16.6. The summed E-state index contributed by atoms with van der Waals surface area (Å²) in [5.74, 6) is 0.404. The van der Waals surface area contributed by atoms with E-state index < -0.39 is 11.7 Å². The maximum absolute atomic E-state index is 11.2. The fourth-order valence-electron chi connectivity index (χ4n) is 2.87. The first-order valence-corrected chi connectivity index (χ1v) is 9.55. The molecule has 0 saturated heterocycles. The molecular weight excluding hydrogens is 376 g/mol. The van der Waals surface area contributed by atoms with Gasteiger partial charge in [-0.25, -0.2) is 0 Å². The number of hydrogen-bond donors (Lipinski definition) is 3. The highest BCUT2D eigenvalue weighted by Gasteiger charge is 2.34. The first-order chi connectivity index (χ1) is 13.8. The summed E-state index contributed by atoms with van der Waals surface area (Å²) in [6, 6.07) is 0. The van der Waals surface area contributed by atoms with Crippen molar-refractivity contribution in [2.45, 2.75) is 45.2 Å². The third kappa shape index (κ3) is 6.68. The van der Waals surface area contributed by atoms with Crippen molar-refractivity contribution in [1.82, 2.24) is 0 Å². The number of methoxy groups -OCH3 is 1. The van der Waals surface area contributed by atoms with Gasteiger partial charge < -0.3 is 29.5 Å². The Morgan fingerprint density at radius 2 is 1.97 bits per heavy atom. The lowest BCUT2D eigenvalue weighted by molar-refractivity contribution is -0.206. The standard InChI is InChI=1S/C22H30O7/c1-15(25)28-20-11-17(10-19(12-20)27-3)5-4-16-6-8-18(9-7-16)29-21(26)22(2,13-23)14-24/h4-8,10-11,18,20-21,23-24,26H,9,12-14H2,1-3H3/b5-4+. The minimum absolute atomic E-state index is 0.337. The topological polar surface area (TPSA) is 105 Å². The van der Waals surface area contributed by atoms with Gasteiger partial charge in [-0.05, 0) is 29.7 Å². The second kappa shape index (κ2) is 10.5. The number of aliphatic hydroxyl groups excluding tert-OH is 3. The maximum Gasteiger partial charge on any atom is 0.303 e. The smallest absolute Gasteiger partial charge is 0.303 e. The van der Waals surface area contributed by atoms with Gasteiger partial charge in [-0.2, -0.15) is 0 Å². The molecule has 0 bridgehead atoms. The molecule has 7 heteroatoms. The van der Waals surface area contributed by atoms with Crippen molar-refractivity contribution in [1.29, 1.82) is 0 Å². The van der Waals surface area contributed by atoms with Crippen molar-refractivity contribution in [2.75, 3.05) is 20.3 Å². The van der Waals surface area contributed by atoms with Crippen molar-refractivity contribution in [3.63, 3.8) is 0 Å². The average Bonchev–Trinajstić information content (AvgIpc) is 2.71. The molecule has 0 heterocycles. The van der Waals surface area contributed by atoms with Crippen LogP contribution in [-0.4, -0.2) is 60.1 Å². The summed E-state index contributed by atoms with van der Waals surface area (Å²) < 4.78 is 16.1. The zero-order chi connectivity index (χ0) is 21.4. The number of aliphatic hydroxyl groups is 3. The number of hydrogen-bond acceptors (Lipinski definition) is 7. The predicted octanol–water partition coefficient (Wildman–Crippen LogP) is 1.92. The van der Waals surface area contributed by atoms with Crippen LogP contribution in [0.1, 0.15) is 26.7 Å². The summed E-state index contributed by atoms with van der Waals surface area (Å²) in [6.45, 7) is 2.17. The quantitative estimate of drug-likeness (QED) is 0.397. The summed E-state index contributed by atoms with van der Waals surface area (Å²) >= 11 is 0. The molecule has 7 nitrogen and oxygen atoms in total. The number of ether oxygens (including phenoxy) is 3. The van der Waals surface area contributed by atoms with Crippen molar-refractivity contribution in [2.24, 2.45) is 5.41 Å². The van der Waals surface area contributed by atoms with Crippen LogP contribution in [-0.2, 0) is 19.0 Å². The van der Waals surface area contributed by atoms with Gasteiger partial charge in [-0.15, -0.1) is 0 Å². The monoisotopic (exact) mass is 406 g/mol. The Morgan fingerprint density at radius 1 is 1.28 bits per heavy atom. The molecule has 0 saturated carbocycles. The molecule has 160 valence electrons. The molecule has 2 aliphatic carbocycles. The molecule has 3 unspecified atom stereocenters. The molecule has 0 fully saturated rings. The van der Waals surface area contributed by atoms with Crippen molar-refractivity contribution >= 4 is 5.97 Å². The maximum atomic E-state index is 11.2. The molecule has 2 aliphatic rings. The van der Waals surface area contributed by atoms with Gasteiger partial charge in [-0.3, -0.25) is 4.79 Å². The minimum Gasteiger partial charge on any atom is -0.501 e. The molecule has 2 rings (SSSR count). The van der Waals surface area contributed by atoms with Gasteiger partial charge in [0.15, 0.2) is 6.29 Å². The Morgan fingerprint density at radius 3 is 2.52 bits per heavy atom. The third-order valence-corrected chi connectivity index (χ3v) is 4.87. The third-order valence-electron chi connectivity index (χ3n) is 4.87. The van der Waals surface area contributed by atoms with E-state index in [1.54, 1.807) is 14.0 Å². The van der Waals surface area contributed by atoms with Gasteiger partial charge in [0.05, 0.1) is 31.8 Å². The molecule has 0 amide bonds. The van der Waals surface area contributed by atoms with Crippen molar-refractivity contribution in [3.05, 3.63) is 59.4 Å². The van der Waals surface area contributed by atoms with Crippen LogP contribution in [0.5, 0.6) is 0 Å². The largest absolute Gasteiger partial charge is 0.501 e. The molecular formula is C22H30O7. The second-order valence-electron chi connectivity index (χ2n) is 7.46. The zero-order valence-electron chi connectivity index (χ0n) is 17.1. The van der Waals surface area contributed by atoms with Crippen LogP contribution in [0.2, 0.25) is 0 Å². The van der Waals surface area contributed by atoms with E-state index in [-0.39, 0.29) is 31.4 Å². The van der Waals surface area contributed by atoms with E-state index in [2.05, 4.69) is 0 Å². The molecule has 0 aromatic heterocycles. The van der Waals surface area contributed by atoms with E-state index in [0.29, 0.717) is 12.8 Å². The Balaban J connectivity index is 1.97. The Bertz CT molecular complexity index is 725. The average molecular weight is 406 g/mol. The lowest BCUT2D eigenvalue weighted by atomic mass is 9.92. The molecule has 0 aromatic carbocycles. The van der Waals surface area contributed by atoms with Gasteiger partial charge in [0, 0.05) is 13.3 Å². The molecule has 29 heavy (non-hydrogen) atoms. The summed E-state index contributed by atoms with van der Waals surface area (Å²) in [4.78, 5) is 11.2. The SMILES string of the molecule is COC1=CC(/C=C/C2=CCC(OC(O)C(C)(CO)CO)C=C2)=CC(OC(C)=O)C1. The fourth-order valence-corrected chi connectivity index (χ4v) is 2.87. The predicted molar refractivity (Wildman–Crippen MR) is 107 cm³/mol. The number of carbonyl (C=O) groups excluding carboxylic acids is 1. The van der Waals surface area contributed by atoms with Gasteiger partial charge in [0.2, 0.25) is 0 Å². The van der Waals surface area contributed by atoms with E-state index in [4.69, 9.17) is 14.2 Å². The van der Waals surface area contributed by atoms with E-state index >= 15 is 0 Å². The lowest BCUT2D eigenvalue weighted by Crippen LogP contribution is -2.42. The van der Waals surface area contributed by atoms with Crippen molar-refractivity contribution < 1.29 is 34.3 Å². The second-order valence-corrected chi connectivity index (χ2v) is 7.46. The normalized spacial score (nSPS) is 23.3. The Hall–Kier alpha value is -2.19. The van der Waals surface area contributed by atoms with Crippen LogP contribution in [0.25, 0.3) is 0 Å². The number of carbonyl (C=O) groups is 1. The first-order valence-electron chi connectivity index (χ1n) is 9.55. The molecule has 3 atom stereocenters. The number of rotatable bonds is 9. The highest BCUT2D eigenvalue weighted by molar-refractivity contribution is 5.66. The van der Waals surface area contributed by atoms with Crippen LogP contribution in [0, 0.1) is 5.41 Å². The summed E-state index contributed by atoms with van der Waals surface area (Å²) in [5, 5.41) is 28.8. The van der Waals surface area contributed by atoms with Crippen LogP contribution >= 0.6 is 0 Å². The van der Waals surface area contributed by atoms with Crippen LogP contribution in [0.15, 0.2) is 59.4 Å².